The third kappa shape index (κ3) is 4.12. The fraction of sp³-hybridized carbons (Fsp3) is 0.533. The van der Waals surface area contributed by atoms with Gasteiger partial charge < -0.3 is 15.8 Å². The van der Waals surface area contributed by atoms with Gasteiger partial charge in [-0.1, -0.05) is 12.1 Å². The molecular formula is C15H23ClN2O2. The van der Waals surface area contributed by atoms with Crippen molar-refractivity contribution in [3.63, 3.8) is 0 Å². The first kappa shape index (κ1) is 16.8. The Hall–Kier alpha value is -1.26. The number of carbonyl (C=O) groups is 1. The first-order valence-electron chi connectivity index (χ1n) is 6.77. The summed E-state index contributed by atoms with van der Waals surface area (Å²) in [7, 11) is 1.66. The van der Waals surface area contributed by atoms with Crippen molar-refractivity contribution in [1.82, 2.24) is 5.32 Å². The normalized spacial score (nSPS) is 21.1. The molecule has 2 unspecified atom stereocenters. The van der Waals surface area contributed by atoms with Crippen molar-refractivity contribution in [3.05, 3.63) is 29.3 Å². The number of nitrogens with two attached hydrogens (primary N) is 1. The van der Waals surface area contributed by atoms with Crippen LogP contribution in [-0.4, -0.2) is 19.1 Å². The van der Waals surface area contributed by atoms with Gasteiger partial charge in [-0.2, -0.15) is 0 Å². The van der Waals surface area contributed by atoms with Crippen LogP contribution in [0.5, 0.6) is 5.75 Å². The maximum atomic E-state index is 12.0. The first-order valence-corrected chi connectivity index (χ1v) is 6.77. The van der Waals surface area contributed by atoms with Crippen LogP contribution in [0.15, 0.2) is 18.2 Å². The summed E-state index contributed by atoms with van der Waals surface area (Å²) in [4.78, 5) is 12.0. The van der Waals surface area contributed by atoms with Crippen molar-refractivity contribution in [2.24, 2.45) is 11.7 Å². The van der Waals surface area contributed by atoms with Crippen molar-refractivity contribution in [3.8, 4) is 5.75 Å². The van der Waals surface area contributed by atoms with E-state index in [2.05, 4.69) is 5.32 Å². The van der Waals surface area contributed by atoms with Gasteiger partial charge in [0.15, 0.2) is 0 Å². The zero-order valence-corrected chi connectivity index (χ0v) is 12.8. The zero-order chi connectivity index (χ0) is 13.8. The summed E-state index contributed by atoms with van der Waals surface area (Å²) in [6, 6.07) is 6.18. The summed E-state index contributed by atoms with van der Waals surface area (Å²) in [6.45, 7) is 2.54. The Labute approximate surface area is 126 Å². The third-order valence-corrected chi connectivity index (χ3v) is 3.78. The van der Waals surface area contributed by atoms with Crippen LogP contribution in [0.2, 0.25) is 0 Å². The average molecular weight is 299 g/mol. The van der Waals surface area contributed by atoms with Gasteiger partial charge in [-0.05, 0) is 43.4 Å². The molecular weight excluding hydrogens is 276 g/mol. The third-order valence-electron chi connectivity index (χ3n) is 3.78. The Morgan fingerprint density at radius 3 is 2.80 bits per heavy atom. The molecule has 0 aromatic heterocycles. The van der Waals surface area contributed by atoms with E-state index < -0.39 is 0 Å². The summed E-state index contributed by atoms with van der Waals surface area (Å²) in [5, 5.41) is 2.98. The highest BCUT2D eigenvalue weighted by Crippen LogP contribution is 2.24. The number of amides is 1. The number of ether oxygens (including phenoxy) is 1. The van der Waals surface area contributed by atoms with Crippen molar-refractivity contribution >= 4 is 18.3 Å². The van der Waals surface area contributed by atoms with Gasteiger partial charge in [0.25, 0.3) is 0 Å². The first-order chi connectivity index (χ1) is 9.10. The van der Waals surface area contributed by atoms with Crippen molar-refractivity contribution in [2.45, 2.75) is 38.8 Å². The second-order valence-corrected chi connectivity index (χ2v) is 5.29. The zero-order valence-electron chi connectivity index (χ0n) is 12.0. The monoisotopic (exact) mass is 298 g/mol. The Morgan fingerprint density at radius 1 is 1.45 bits per heavy atom. The van der Waals surface area contributed by atoms with Crippen LogP contribution in [-0.2, 0) is 11.3 Å². The minimum absolute atomic E-state index is 0. The van der Waals surface area contributed by atoms with Crippen LogP contribution in [0, 0.1) is 12.8 Å². The molecule has 112 valence electrons. The van der Waals surface area contributed by atoms with Crippen LogP contribution < -0.4 is 15.8 Å². The summed E-state index contributed by atoms with van der Waals surface area (Å²) in [5.74, 6) is 1.06. The number of methoxy groups -OCH3 is 1. The SMILES string of the molecule is COc1cc(CNC(=O)C2CCC(N)C2)ccc1C.Cl. The lowest BCUT2D eigenvalue weighted by Crippen LogP contribution is -2.30. The molecule has 4 nitrogen and oxygen atoms in total. The van der Waals surface area contributed by atoms with E-state index in [1.807, 2.05) is 25.1 Å². The summed E-state index contributed by atoms with van der Waals surface area (Å²) in [5.41, 5.74) is 7.98. The molecule has 0 spiro atoms. The minimum Gasteiger partial charge on any atom is -0.496 e. The van der Waals surface area contributed by atoms with Gasteiger partial charge in [-0.25, -0.2) is 0 Å². The Bertz CT molecular complexity index is 465. The molecule has 0 saturated heterocycles. The highest BCUT2D eigenvalue weighted by atomic mass is 35.5. The molecule has 2 atom stereocenters. The van der Waals surface area contributed by atoms with E-state index in [0.29, 0.717) is 6.54 Å². The number of halogens is 1. The van der Waals surface area contributed by atoms with Crippen LogP contribution in [0.4, 0.5) is 0 Å². The maximum Gasteiger partial charge on any atom is 0.223 e. The van der Waals surface area contributed by atoms with Crippen molar-refractivity contribution < 1.29 is 9.53 Å². The molecule has 1 aromatic rings. The molecule has 2 rings (SSSR count). The molecule has 1 aliphatic carbocycles. The van der Waals surface area contributed by atoms with Gasteiger partial charge >= 0.3 is 0 Å². The van der Waals surface area contributed by atoms with Crippen LogP contribution in [0.1, 0.15) is 30.4 Å². The van der Waals surface area contributed by atoms with Gasteiger partial charge in [-0.15, -0.1) is 12.4 Å². The van der Waals surface area contributed by atoms with Gasteiger partial charge in [0.1, 0.15) is 5.75 Å². The van der Waals surface area contributed by atoms with Gasteiger partial charge in [0, 0.05) is 18.5 Å². The van der Waals surface area contributed by atoms with Crippen LogP contribution in [0.25, 0.3) is 0 Å². The number of hydrogen-bond donors (Lipinski definition) is 2. The highest BCUT2D eigenvalue weighted by molar-refractivity contribution is 5.85. The van der Waals surface area contributed by atoms with Crippen LogP contribution in [0.3, 0.4) is 0 Å². The van der Waals surface area contributed by atoms with E-state index >= 15 is 0 Å². The molecule has 20 heavy (non-hydrogen) atoms. The number of aryl methyl sites for hydroxylation is 1. The molecule has 1 aliphatic rings. The largest absolute Gasteiger partial charge is 0.496 e. The molecule has 0 bridgehead atoms. The quantitative estimate of drug-likeness (QED) is 0.895. The lowest BCUT2D eigenvalue weighted by atomic mass is 10.1. The van der Waals surface area contributed by atoms with E-state index in [4.69, 9.17) is 10.5 Å². The summed E-state index contributed by atoms with van der Waals surface area (Å²) in [6.07, 6.45) is 2.67. The van der Waals surface area contributed by atoms with E-state index in [-0.39, 0.29) is 30.3 Å². The Kier molecular flexibility index (Phi) is 6.30. The second-order valence-electron chi connectivity index (χ2n) is 5.29. The Morgan fingerprint density at radius 2 is 2.20 bits per heavy atom. The van der Waals surface area contributed by atoms with Crippen molar-refractivity contribution in [2.75, 3.05) is 7.11 Å². The molecule has 1 aromatic carbocycles. The lowest BCUT2D eigenvalue weighted by Gasteiger charge is -2.12. The smallest absolute Gasteiger partial charge is 0.223 e. The maximum absolute atomic E-state index is 12.0. The van der Waals surface area contributed by atoms with E-state index in [1.54, 1.807) is 7.11 Å². The molecule has 1 saturated carbocycles. The predicted molar refractivity (Wildman–Crippen MR) is 82.1 cm³/mol. The fourth-order valence-corrected chi connectivity index (χ4v) is 2.56. The second kappa shape index (κ2) is 7.50. The molecule has 3 N–H and O–H groups in total. The van der Waals surface area contributed by atoms with Gasteiger partial charge in [0.05, 0.1) is 7.11 Å². The van der Waals surface area contributed by atoms with Crippen molar-refractivity contribution in [1.29, 1.82) is 0 Å². The molecule has 1 fully saturated rings. The summed E-state index contributed by atoms with van der Waals surface area (Å²) < 4.78 is 5.28. The molecule has 0 heterocycles. The fourth-order valence-electron chi connectivity index (χ4n) is 2.56. The predicted octanol–water partition coefficient (Wildman–Crippen LogP) is 2.17. The summed E-state index contributed by atoms with van der Waals surface area (Å²) >= 11 is 0. The number of nitrogens with one attached hydrogen (secondary N) is 1. The molecule has 0 aliphatic heterocycles. The highest BCUT2D eigenvalue weighted by Gasteiger charge is 2.27. The van der Waals surface area contributed by atoms with Crippen LogP contribution >= 0.6 is 12.4 Å². The van der Waals surface area contributed by atoms with Gasteiger partial charge in [-0.3, -0.25) is 4.79 Å². The topological polar surface area (TPSA) is 64.3 Å². The number of rotatable bonds is 4. The lowest BCUT2D eigenvalue weighted by molar-refractivity contribution is -0.125. The Balaban J connectivity index is 0.00000200. The van der Waals surface area contributed by atoms with E-state index in [9.17, 15) is 4.79 Å². The van der Waals surface area contributed by atoms with Gasteiger partial charge in [0.2, 0.25) is 5.91 Å². The molecule has 1 amide bonds. The average Bonchev–Trinajstić information content (AvgIpc) is 2.84. The van der Waals surface area contributed by atoms with E-state index in [0.717, 1.165) is 36.1 Å². The molecule has 0 radical (unpaired) electrons. The number of hydrogen-bond acceptors (Lipinski definition) is 3. The number of carbonyl (C=O) groups excluding carboxylic acids is 1. The molecule has 5 heteroatoms. The number of benzene rings is 1. The van der Waals surface area contributed by atoms with E-state index in [1.165, 1.54) is 0 Å². The standard InChI is InChI=1S/C15H22N2O2.ClH/c1-10-3-4-11(7-14(10)19-2)9-17-15(18)12-5-6-13(16)8-12;/h3-4,7,12-13H,5-6,8-9,16H2,1-2H3,(H,17,18);1H. The minimum atomic E-state index is 0.